The van der Waals surface area contributed by atoms with Gasteiger partial charge in [0.15, 0.2) is 0 Å². The molecule has 3 amide bonds. The highest BCUT2D eigenvalue weighted by Gasteiger charge is 2.70. The van der Waals surface area contributed by atoms with Crippen molar-refractivity contribution in [1.29, 1.82) is 0 Å². The van der Waals surface area contributed by atoms with Crippen LogP contribution < -0.4 is 10.6 Å². The van der Waals surface area contributed by atoms with Gasteiger partial charge in [-0.15, -0.1) is 0 Å². The molecule has 1 aromatic rings. The van der Waals surface area contributed by atoms with Gasteiger partial charge in [-0.3, -0.25) is 24.6 Å². The molecule has 0 aromatic heterocycles. The minimum Gasteiger partial charge on any atom is -0.383 e. The van der Waals surface area contributed by atoms with Crippen molar-refractivity contribution in [2.24, 2.45) is 11.8 Å². The number of hydrogen-bond donors (Lipinski definition) is 2. The molecule has 0 bridgehead atoms. The summed E-state index contributed by atoms with van der Waals surface area (Å²) < 4.78 is 5.06. The van der Waals surface area contributed by atoms with Gasteiger partial charge in [0.05, 0.1) is 25.0 Å². The van der Waals surface area contributed by atoms with E-state index in [1.54, 1.807) is 30.0 Å². The van der Waals surface area contributed by atoms with Gasteiger partial charge < -0.3 is 10.1 Å². The van der Waals surface area contributed by atoms with Crippen LogP contribution in [0.1, 0.15) is 12.0 Å². The van der Waals surface area contributed by atoms with Crippen molar-refractivity contribution in [3.8, 4) is 0 Å². The van der Waals surface area contributed by atoms with Crippen LogP contribution in [0, 0.1) is 11.8 Å². The van der Waals surface area contributed by atoms with Crippen molar-refractivity contribution < 1.29 is 19.1 Å². The zero-order valence-electron chi connectivity index (χ0n) is 15.7. The Hall–Kier alpha value is -1.61. The molecule has 1 spiro atoms. The Labute approximate surface area is 172 Å². The molecule has 4 atom stereocenters. The van der Waals surface area contributed by atoms with E-state index in [-0.39, 0.29) is 36.9 Å². The van der Waals surface area contributed by atoms with E-state index in [0.717, 1.165) is 5.75 Å². The summed E-state index contributed by atoms with van der Waals surface area (Å²) in [4.78, 5) is 40.9. The van der Waals surface area contributed by atoms with Gasteiger partial charge >= 0.3 is 0 Å². The zero-order chi connectivity index (χ0) is 20.1. The number of fused-ring (bicyclic) bond motifs is 4. The second kappa shape index (κ2) is 7.33. The van der Waals surface area contributed by atoms with Gasteiger partial charge in [0.1, 0.15) is 5.54 Å². The third kappa shape index (κ3) is 2.69. The Morgan fingerprint density at radius 2 is 2.07 bits per heavy atom. The summed E-state index contributed by atoms with van der Waals surface area (Å²) in [5, 5.41) is 6.74. The number of anilines is 1. The number of ether oxygens (including phenoxy) is 1. The number of methoxy groups -OCH3 is 1. The number of carbonyl (C=O) groups excluding carboxylic acids is 3. The molecule has 28 heavy (non-hydrogen) atoms. The van der Waals surface area contributed by atoms with Crippen LogP contribution in [0.25, 0.3) is 0 Å². The van der Waals surface area contributed by atoms with Crippen molar-refractivity contribution in [3.05, 3.63) is 28.8 Å². The summed E-state index contributed by atoms with van der Waals surface area (Å²) in [5.74, 6) is -1.41. The molecule has 3 aliphatic heterocycles. The van der Waals surface area contributed by atoms with Gasteiger partial charge in [-0.05, 0) is 36.6 Å². The molecule has 7 nitrogen and oxygen atoms in total. The van der Waals surface area contributed by atoms with E-state index in [1.807, 2.05) is 6.26 Å². The van der Waals surface area contributed by atoms with Gasteiger partial charge in [-0.25, -0.2) is 0 Å². The molecule has 3 heterocycles. The maximum Gasteiger partial charge on any atom is 0.250 e. The van der Waals surface area contributed by atoms with Gasteiger partial charge in [-0.2, -0.15) is 11.8 Å². The molecular weight excluding hydrogens is 402 g/mol. The quantitative estimate of drug-likeness (QED) is 0.673. The molecular formula is C19H22ClN3O4S. The van der Waals surface area contributed by atoms with Crippen LogP contribution in [0.5, 0.6) is 0 Å². The van der Waals surface area contributed by atoms with E-state index in [4.69, 9.17) is 16.3 Å². The van der Waals surface area contributed by atoms with E-state index in [9.17, 15) is 14.4 Å². The molecule has 2 N–H and O–H groups in total. The first-order valence-electron chi connectivity index (χ1n) is 9.18. The predicted octanol–water partition coefficient (Wildman–Crippen LogP) is 1.46. The first kappa shape index (κ1) is 19.7. The lowest BCUT2D eigenvalue weighted by atomic mass is 9.76. The molecule has 2 fully saturated rings. The van der Waals surface area contributed by atoms with E-state index in [2.05, 4.69) is 10.6 Å². The minimum atomic E-state index is -1.28. The van der Waals surface area contributed by atoms with Crippen molar-refractivity contribution in [2.45, 2.75) is 18.0 Å². The molecule has 9 heteroatoms. The summed E-state index contributed by atoms with van der Waals surface area (Å²) >= 11 is 7.88. The number of likely N-dealkylation sites (tertiary alicyclic amines) is 1. The number of amides is 3. The summed E-state index contributed by atoms with van der Waals surface area (Å²) in [6.45, 7) is 0.456. The van der Waals surface area contributed by atoms with Crippen LogP contribution in [0.15, 0.2) is 18.2 Å². The maximum atomic E-state index is 13.3. The lowest BCUT2D eigenvalue weighted by Crippen LogP contribution is -2.53. The third-order valence-electron chi connectivity index (χ3n) is 5.92. The summed E-state index contributed by atoms with van der Waals surface area (Å²) in [6, 6.07) is 4.88. The van der Waals surface area contributed by atoms with E-state index in [0.29, 0.717) is 22.7 Å². The molecule has 3 aliphatic rings. The largest absolute Gasteiger partial charge is 0.383 e. The number of thioether (sulfide) groups is 1. The van der Waals surface area contributed by atoms with Gasteiger partial charge in [0.25, 0.3) is 0 Å². The lowest BCUT2D eigenvalue weighted by Gasteiger charge is -2.29. The van der Waals surface area contributed by atoms with Crippen LogP contribution in [0.3, 0.4) is 0 Å². The lowest BCUT2D eigenvalue weighted by molar-refractivity contribution is -0.143. The van der Waals surface area contributed by atoms with Crippen molar-refractivity contribution in [1.82, 2.24) is 10.2 Å². The first-order valence-corrected chi connectivity index (χ1v) is 10.9. The standard InChI is InChI=1S/C19H22ClN3O4S/c1-27-7-6-23-16(24)14-13(5-8-28-2)22-19(15(14)17(23)25)11-9-10(20)3-4-12(11)21-18(19)26/h3-4,9,13-15,22H,5-8H2,1-2H3,(H,21,26)/t13?,14-,15+,19?/m1/s1. The van der Waals surface area contributed by atoms with Crippen LogP contribution in [0.2, 0.25) is 5.02 Å². The molecule has 2 unspecified atom stereocenters. The number of rotatable bonds is 6. The van der Waals surface area contributed by atoms with Gasteiger partial charge in [-0.1, -0.05) is 11.6 Å². The smallest absolute Gasteiger partial charge is 0.250 e. The Balaban J connectivity index is 1.81. The number of nitrogens with zero attached hydrogens (tertiary/aromatic N) is 1. The summed E-state index contributed by atoms with van der Waals surface area (Å²) in [6.07, 6.45) is 2.68. The van der Waals surface area contributed by atoms with Crippen LogP contribution in [-0.2, 0) is 24.7 Å². The van der Waals surface area contributed by atoms with Crippen molar-refractivity contribution >= 4 is 46.8 Å². The SMILES string of the molecule is COCCN1C(=O)[C@@H]2C(CCSC)NC3(C(=O)Nc4ccc(Cl)cc43)[C@@H]2C1=O. The Morgan fingerprint density at radius 3 is 2.79 bits per heavy atom. The number of imide groups is 1. The molecule has 4 rings (SSSR count). The second-order valence-electron chi connectivity index (χ2n) is 7.31. The molecule has 150 valence electrons. The molecule has 1 aromatic carbocycles. The number of benzene rings is 1. The average molecular weight is 424 g/mol. The fourth-order valence-electron chi connectivity index (χ4n) is 4.73. The maximum absolute atomic E-state index is 13.3. The van der Waals surface area contributed by atoms with Gasteiger partial charge in [0, 0.05) is 29.4 Å². The molecule has 0 aliphatic carbocycles. The molecule has 0 radical (unpaired) electrons. The highest BCUT2D eigenvalue weighted by molar-refractivity contribution is 7.98. The van der Waals surface area contributed by atoms with E-state index < -0.39 is 17.4 Å². The zero-order valence-corrected chi connectivity index (χ0v) is 17.2. The fraction of sp³-hybridized carbons (Fsp3) is 0.526. The number of carbonyl (C=O) groups is 3. The Morgan fingerprint density at radius 1 is 1.29 bits per heavy atom. The third-order valence-corrected chi connectivity index (χ3v) is 6.80. The highest BCUT2D eigenvalue weighted by atomic mass is 35.5. The average Bonchev–Trinajstić information content (AvgIpc) is 3.24. The topological polar surface area (TPSA) is 87.7 Å². The van der Waals surface area contributed by atoms with Crippen LogP contribution in [-0.4, -0.2) is 60.9 Å². The van der Waals surface area contributed by atoms with Crippen molar-refractivity contribution in [2.75, 3.05) is 37.6 Å². The monoisotopic (exact) mass is 423 g/mol. The van der Waals surface area contributed by atoms with E-state index in [1.165, 1.54) is 12.0 Å². The fourth-order valence-corrected chi connectivity index (χ4v) is 5.39. The Bertz CT molecular complexity index is 850. The number of nitrogens with one attached hydrogen (secondary N) is 2. The van der Waals surface area contributed by atoms with Crippen LogP contribution >= 0.6 is 23.4 Å². The molecule has 0 saturated carbocycles. The first-order chi connectivity index (χ1) is 13.5. The summed E-state index contributed by atoms with van der Waals surface area (Å²) in [7, 11) is 1.53. The van der Waals surface area contributed by atoms with E-state index >= 15 is 0 Å². The Kier molecular flexibility index (Phi) is 5.16. The second-order valence-corrected chi connectivity index (χ2v) is 8.73. The van der Waals surface area contributed by atoms with Gasteiger partial charge in [0.2, 0.25) is 17.7 Å². The minimum absolute atomic E-state index is 0.191. The normalized spacial score (nSPS) is 30.9. The number of hydrogen-bond acceptors (Lipinski definition) is 6. The summed E-state index contributed by atoms with van der Waals surface area (Å²) in [5.41, 5.74) is -0.00845. The molecule has 2 saturated heterocycles. The number of halogens is 1. The predicted molar refractivity (Wildman–Crippen MR) is 107 cm³/mol. The van der Waals surface area contributed by atoms with Crippen LogP contribution in [0.4, 0.5) is 5.69 Å². The highest BCUT2D eigenvalue weighted by Crippen LogP contribution is 2.53. The van der Waals surface area contributed by atoms with Crippen molar-refractivity contribution in [3.63, 3.8) is 0 Å².